The standard InChI is InChI=1S/C15H20ClFN2O/c1-18-15(7-3-2-4-8-15)10-14(20)19-13-6-5-11(17)9-12(13)16/h5-6,9,18H,2-4,7-8,10H2,1H3,(H,19,20). The van der Waals surface area contributed by atoms with Crippen molar-refractivity contribution in [2.24, 2.45) is 0 Å². The first-order valence-electron chi connectivity index (χ1n) is 6.98. The molecule has 2 N–H and O–H groups in total. The van der Waals surface area contributed by atoms with Gasteiger partial charge < -0.3 is 10.6 Å². The fourth-order valence-electron chi connectivity index (χ4n) is 2.84. The third kappa shape index (κ3) is 3.70. The lowest BCUT2D eigenvalue weighted by molar-refractivity contribution is -0.117. The number of carbonyl (C=O) groups is 1. The zero-order chi connectivity index (χ0) is 14.6. The van der Waals surface area contributed by atoms with Crippen LogP contribution < -0.4 is 10.6 Å². The van der Waals surface area contributed by atoms with E-state index >= 15 is 0 Å². The highest BCUT2D eigenvalue weighted by Crippen LogP contribution is 2.31. The molecule has 110 valence electrons. The van der Waals surface area contributed by atoms with E-state index in [4.69, 9.17) is 11.6 Å². The van der Waals surface area contributed by atoms with Crippen molar-refractivity contribution in [1.82, 2.24) is 5.32 Å². The van der Waals surface area contributed by atoms with Gasteiger partial charge in [-0.25, -0.2) is 4.39 Å². The van der Waals surface area contributed by atoms with Crippen molar-refractivity contribution in [2.45, 2.75) is 44.1 Å². The van der Waals surface area contributed by atoms with Gasteiger partial charge in [0.15, 0.2) is 0 Å². The van der Waals surface area contributed by atoms with Crippen LogP contribution in [-0.4, -0.2) is 18.5 Å². The second-order valence-electron chi connectivity index (χ2n) is 5.44. The fraction of sp³-hybridized carbons (Fsp3) is 0.533. The molecule has 0 aromatic heterocycles. The number of halogens is 2. The van der Waals surface area contributed by atoms with Gasteiger partial charge in [0.2, 0.25) is 5.91 Å². The van der Waals surface area contributed by atoms with Gasteiger partial charge in [-0.15, -0.1) is 0 Å². The van der Waals surface area contributed by atoms with Crippen molar-refractivity contribution in [1.29, 1.82) is 0 Å². The second kappa shape index (κ2) is 6.55. The second-order valence-corrected chi connectivity index (χ2v) is 5.85. The topological polar surface area (TPSA) is 41.1 Å². The van der Waals surface area contributed by atoms with Gasteiger partial charge in [-0.3, -0.25) is 4.79 Å². The highest BCUT2D eigenvalue weighted by atomic mass is 35.5. The van der Waals surface area contributed by atoms with E-state index in [0.29, 0.717) is 12.1 Å². The molecule has 1 aliphatic rings. The molecule has 0 aliphatic heterocycles. The summed E-state index contributed by atoms with van der Waals surface area (Å²) < 4.78 is 13.0. The molecule has 1 aliphatic carbocycles. The third-order valence-corrected chi connectivity index (χ3v) is 4.36. The van der Waals surface area contributed by atoms with E-state index in [2.05, 4.69) is 10.6 Å². The van der Waals surface area contributed by atoms with Crippen molar-refractivity contribution in [3.05, 3.63) is 29.0 Å². The molecule has 5 heteroatoms. The van der Waals surface area contributed by atoms with E-state index in [-0.39, 0.29) is 16.5 Å². The van der Waals surface area contributed by atoms with E-state index in [1.54, 1.807) is 0 Å². The minimum atomic E-state index is -0.410. The monoisotopic (exact) mass is 298 g/mol. The molecule has 0 bridgehead atoms. The van der Waals surface area contributed by atoms with Crippen molar-refractivity contribution in [3.8, 4) is 0 Å². The molecule has 0 saturated heterocycles. The van der Waals surface area contributed by atoms with Crippen LogP contribution in [0.25, 0.3) is 0 Å². The van der Waals surface area contributed by atoms with Crippen LogP contribution in [0.1, 0.15) is 38.5 Å². The maximum atomic E-state index is 13.0. The summed E-state index contributed by atoms with van der Waals surface area (Å²) in [5.74, 6) is -0.498. The summed E-state index contributed by atoms with van der Waals surface area (Å²) in [7, 11) is 1.91. The number of nitrogens with one attached hydrogen (secondary N) is 2. The smallest absolute Gasteiger partial charge is 0.226 e. The third-order valence-electron chi connectivity index (χ3n) is 4.05. The molecule has 0 unspecified atom stereocenters. The average molecular weight is 299 g/mol. The van der Waals surface area contributed by atoms with Gasteiger partial charge in [-0.2, -0.15) is 0 Å². The van der Waals surface area contributed by atoms with E-state index in [0.717, 1.165) is 25.7 Å². The Labute approximate surface area is 123 Å². The minimum absolute atomic E-state index is 0.0882. The van der Waals surface area contributed by atoms with Crippen LogP contribution in [0.3, 0.4) is 0 Å². The summed E-state index contributed by atoms with van der Waals surface area (Å²) in [4.78, 5) is 12.2. The quantitative estimate of drug-likeness (QED) is 0.889. The Hall–Kier alpha value is -1.13. The molecule has 1 aromatic carbocycles. The van der Waals surface area contributed by atoms with Gasteiger partial charge >= 0.3 is 0 Å². The first kappa shape index (κ1) is 15.3. The minimum Gasteiger partial charge on any atom is -0.325 e. The number of amides is 1. The molecule has 0 radical (unpaired) electrons. The van der Waals surface area contributed by atoms with Gasteiger partial charge in [0.05, 0.1) is 10.7 Å². The van der Waals surface area contributed by atoms with Gasteiger partial charge in [0.25, 0.3) is 0 Å². The SMILES string of the molecule is CNC1(CC(=O)Nc2ccc(F)cc2Cl)CCCCC1. The molecule has 1 aromatic rings. The Balaban J connectivity index is 2.00. The van der Waals surface area contributed by atoms with Crippen LogP contribution in [-0.2, 0) is 4.79 Å². The molecule has 1 saturated carbocycles. The van der Waals surface area contributed by atoms with Crippen LogP contribution in [0.4, 0.5) is 10.1 Å². The molecule has 1 amide bonds. The predicted octanol–water partition coefficient (Wildman–Crippen LogP) is 3.73. The van der Waals surface area contributed by atoms with Crippen molar-refractivity contribution >= 4 is 23.2 Å². The number of hydrogen-bond acceptors (Lipinski definition) is 2. The van der Waals surface area contributed by atoms with Gasteiger partial charge in [-0.1, -0.05) is 30.9 Å². The summed E-state index contributed by atoms with van der Waals surface area (Å²) in [5, 5.41) is 6.29. The zero-order valence-electron chi connectivity index (χ0n) is 11.6. The van der Waals surface area contributed by atoms with E-state index < -0.39 is 5.82 Å². The molecule has 20 heavy (non-hydrogen) atoms. The molecule has 2 rings (SSSR count). The predicted molar refractivity (Wildman–Crippen MR) is 79.5 cm³/mol. The maximum Gasteiger partial charge on any atom is 0.226 e. The van der Waals surface area contributed by atoms with Crippen LogP contribution >= 0.6 is 11.6 Å². The van der Waals surface area contributed by atoms with E-state index in [9.17, 15) is 9.18 Å². The summed E-state index contributed by atoms with van der Waals surface area (Å²) in [6.45, 7) is 0. The lowest BCUT2D eigenvalue weighted by atomic mass is 9.79. The highest BCUT2D eigenvalue weighted by molar-refractivity contribution is 6.33. The van der Waals surface area contributed by atoms with E-state index in [1.807, 2.05) is 7.05 Å². The van der Waals surface area contributed by atoms with Crippen LogP contribution in [0, 0.1) is 5.82 Å². The van der Waals surface area contributed by atoms with Crippen LogP contribution in [0.5, 0.6) is 0 Å². The Kier molecular flexibility index (Phi) is 5.00. The number of benzene rings is 1. The van der Waals surface area contributed by atoms with Gasteiger partial charge in [0, 0.05) is 12.0 Å². The first-order valence-corrected chi connectivity index (χ1v) is 7.36. The summed E-state index contributed by atoms with van der Waals surface area (Å²) >= 11 is 5.91. The number of hydrogen-bond donors (Lipinski definition) is 2. The normalized spacial score (nSPS) is 17.8. The summed E-state index contributed by atoms with van der Waals surface area (Å²) in [5.41, 5.74) is 0.342. The van der Waals surface area contributed by atoms with Crippen molar-refractivity contribution in [2.75, 3.05) is 12.4 Å². The lowest BCUT2D eigenvalue weighted by Gasteiger charge is -2.36. The Morgan fingerprint density at radius 3 is 2.65 bits per heavy atom. The average Bonchev–Trinajstić information content (AvgIpc) is 2.43. The van der Waals surface area contributed by atoms with Crippen LogP contribution in [0.2, 0.25) is 5.02 Å². The molecule has 0 spiro atoms. The number of anilines is 1. The number of rotatable bonds is 4. The highest BCUT2D eigenvalue weighted by Gasteiger charge is 2.32. The van der Waals surface area contributed by atoms with Gasteiger partial charge in [-0.05, 0) is 38.1 Å². The van der Waals surface area contributed by atoms with Crippen molar-refractivity contribution in [3.63, 3.8) is 0 Å². The largest absolute Gasteiger partial charge is 0.325 e. The molecule has 1 fully saturated rings. The molecule has 3 nitrogen and oxygen atoms in total. The maximum absolute atomic E-state index is 13.0. The van der Waals surface area contributed by atoms with Crippen LogP contribution in [0.15, 0.2) is 18.2 Å². The molecular formula is C15H20ClFN2O. The Bertz CT molecular complexity index is 487. The van der Waals surface area contributed by atoms with E-state index in [1.165, 1.54) is 24.6 Å². The molecule has 0 heterocycles. The fourth-order valence-corrected chi connectivity index (χ4v) is 3.05. The Morgan fingerprint density at radius 2 is 2.05 bits per heavy atom. The summed E-state index contributed by atoms with van der Waals surface area (Å²) in [6.07, 6.45) is 5.95. The first-order chi connectivity index (χ1) is 9.54. The Morgan fingerprint density at radius 1 is 1.35 bits per heavy atom. The number of carbonyl (C=O) groups excluding carboxylic acids is 1. The molecular weight excluding hydrogens is 279 g/mol. The lowest BCUT2D eigenvalue weighted by Crippen LogP contribution is -2.47. The van der Waals surface area contributed by atoms with Crippen molar-refractivity contribution < 1.29 is 9.18 Å². The molecule has 0 atom stereocenters. The summed E-state index contributed by atoms with van der Waals surface area (Å²) in [6, 6.07) is 3.98. The van der Waals surface area contributed by atoms with Gasteiger partial charge in [0.1, 0.15) is 5.82 Å². The zero-order valence-corrected chi connectivity index (χ0v) is 12.4.